The number of methoxy groups -OCH3 is 1. The zero-order valence-corrected chi connectivity index (χ0v) is 14.5. The summed E-state index contributed by atoms with van der Waals surface area (Å²) >= 11 is 0. The molecule has 5 nitrogen and oxygen atoms in total. The zero-order chi connectivity index (χ0) is 15.8. The maximum Gasteiger partial charge on any atom is 0.223 e. The summed E-state index contributed by atoms with van der Waals surface area (Å²) in [7, 11) is 1.65. The first-order chi connectivity index (χ1) is 10.7. The molecule has 1 fully saturated rings. The fraction of sp³-hybridized carbons (Fsp3) is 0.588. The quantitative estimate of drug-likeness (QED) is 0.787. The lowest BCUT2D eigenvalue weighted by molar-refractivity contribution is -0.133. The normalized spacial score (nSPS) is 16.7. The fourth-order valence-electron chi connectivity index (χ4n) is 2.74. The van der Waals surface area contributed by atoms with Gasteiger partial charge in [0.1, 0.15) is 5.75 Å². The third-order valence-corrected chi connectivity index (χ3v) is 3.95. The molecule has 0 saturated carbocycles. The first-order valence-electron chi connectivity index (χ1n) is 7.96. The number of carbonyl (C=O) groups is 1. The molecule has 2 rings (SSSR count). The number of ether oxygens (including phenoxy) is 2. The van der Waals surface area contributed by atoms with Crippen LogP contribution in [0.1, 0.15) is 31.2 Å². The number of amides is 1. The van der Waals surface area contributed by atoms with E-state index in [1.54, 1.807) is 7.11 Å². The van der Waals surface area contributed by atoms with E-state index in [9.17, 15) is 4.79 Å². The van der Waals surface area contributed by atoms with Crippen LogP contribution >= 0.6 is 12.4 Å². The van der Waals surface area contributed by atoms with Crippen molar-refractivity contribution in [2.24, 2.45) is 5.73 Å². The van der Waals surface area contributed by atoms with Crippen molar-refractivity contribution in [2.45, 2.75) is 38.3 Å². The smallest absolute Gasteiger partial charge is 0.223 e. The minimum absolute atomic E-state index is 0. The molecule has 1 aromatic rings. The summed E-state index contributed by atoms with van der Waals surface area (Å²) in [4.78, 5) is 14.3. The summed E-state index contributed by atoms with van der Waals surface area (Å²) in [5.41, 5.74) is 6.54. The Labute approximate surface area is 144 Å². The van der Waals surface area contributed by atoms with Crippen LogP contribution in [0.4, 0.5) is 0 Å². The lowest BCUT2D eigenvalue weighted by Gasteiger charge is -2.26. The number of carbonyl (C=O) groups excluding carboxylic acids is 1. The number of nitrogens with zero attached hydrogens (tertiary/aromatic N) is 1. The highest BCUT2D eigenvalue weighted by atomic mass is 35.5. The van der Waals surface area contributed by atoms with Crippen LogP contribution in [0.25, 0.3) is 0 Å². The maximum absolute atomic E-state index is 12.5. The van der Waals surface area contributed by atoms with Gasteiger partial charge in [0.2, 0.25) is 5.91 Å². The number of rotatable bonds is 8. The molecule has 130 valence electrons. The minimum atomic E-state index is 0. The first-order valence-corrected chi connectivity index (χ1v) is 7.96. The molecule has 1 amide bonds. The van der Waals surface area contributed by atoms with Crippen molar-refractivity contribution < 1.29 is 14.3 Å². The highest BCUT2D eigenvalue weighted by Crippen LogP contribution is 2.21. The first kappa shape index (κ1) is 19.7. The molecule has 6 heteroatoms. The Morgan fingerprint density at radius 1 is 1.43 bits per heavy atom. The summed E-state index contributed by atoms with van der Waals surface area (Å²) in [5.74, 6) is 0.943. The van der Waals surface area contributed by atoms with Gasteiger partial charge in [-0.3, -0.25) is 4.79 Å². The van der Waals surface area contributed by atoms with Crippen LogP contribution in [0.5, 0.6) is 5.75 Å². The van der Waals surface area contributed by atoms with Crippen molar-refractivity contribution in [1.29, 1.82) is 0 Å². The molecule has 1 aromatic carbocycles. The molecule has 1 unspecified atom stereocenters. The molecule has 2 N–H and O–H groups in total. The second kappa shape index (κ2) is 10.5. The molecular weight excluding hydrogens is 316 g/mol. The molecule has 1 aliphatic heterocycles. The van der Waals surface area contributed by atoms with Gasteiger partial charge >= 0.3 is 0 Å². The lowest BCUT2D eigenvalue weighted by Crippen LogP contribution is -2.37. The number of hydrogen-bond acceptors (Lipinski definition) is 4. The van der Waals surface area contributed by atoms with E-state index in [1.807, 2.05) is 29.2 Å². The molecule has 0 aromatic heterocycles. The van der Waals surface area contributed by atoms with E-state index in [4.69, 9.17) is 15.2 Å². The fourth-order valence-corrected chi connectivity index (χ4v) is 2.74. The van der Waals surface area contributed by atoms with Gasteiger partial charge in [-0.05, 0) is 31.9 Å². The van der Waals surface area contributed by atoms with Crippen molar-refractivity contribution in [3.63, 3.8) is 0 Å². The van der Waals surface area contributed by atoms with E-state index in [1.165, 1.54) is 0 Å². The van der Waals surface area contributed by atoms with Crippen LogP contribution in [-0.2, 0) is 16.1 Å². The Hall–Kier alpha value is -1.30. The van der Waals surface area contributed by atoms with E-state index in [-0.39, 0.29) is 24.4 Å². The van der Waals surface area contributed by atoms with E-state index < -0.39 is 0 Å². The third kappa shape index (κ3) is 6.01. The molecule has 1 saturated heterocycles. The third-order valence-electron chi connectivity index (χ3n) is 3.95. The van der Waals surface area contributed by atoms with Crippen LogP contribution in [0.15, 0.2) is 24.3 Å². The van der Waals surface area contributed by atoms with Crippen molar-refractivity contribution in [3.05, 3.63) is 29.8 Å². The zero-order valence-electron chi connectivity index (χ0n) is 13.7. The molecule has 1 atom stereocenters. The number of hydrogen-bond donors (Lipinski definition) is 1. The Morgan fingerprint density at radius 2 is 2.22 bits per heavy atom. The standard InChI is InChI=1S/C17H26N2O3.ClH/c1-21-16-8-3-2-6-14(16)12-19(17(20)9-4-10-18)13-15-7-5-11-22-15;/h2-3,6,8,15H,4-5,7,9-13,18H2,1H3;1H. The summed E-state index contributed by atoms with van der Waals surface area (Å²) in [6.07, 6.45) is 3.44. The van der Waals surface area contributed by atoms with Crippen LogP contribution in [0.2, 0.25) is 0 Å². The summed E-state index contributed by atoms with van der Waals surface area (Å²) in [6, 6.07) is 7.82. The number of nitrogens with two attached hydrogens (primary N) is 1. The van der Waals surface area contributed by atoms with Gasteiger partial charge in [0, 0.05) is 31.7 Å². The van der Waals surface area contributed by atoms with Gasteiger partial charge in [-0.1, -0.05) is 18.2 Å². The van der Waals surface area contributed by atoms with E-state index in [0.29, 0.717) is 32.5 Å². The molecule has 0 radical (unpaired) electrons. The van der Waals surface area contributed by atoms with Crippen LogP contribution < -0.4 is 10.5 Å². The second-order valence-electron chi connectivity index (χ2n) is 5.61. The Kier molecular flexibility index (Phi) is 8.99. The van der Waals surface area contributed by atoms with E-state index >= 15 is 0 Å². The monoisotopic (exact) mass is 342 g/mol. The van der Waals surface area contributed by atoms with Crippen molar-refractivity contribution >= 4 is 18.3 Å². The number of para-hydroxylation sites is 1. The largest absolute Gasteiger partial charge is 0.496 e. The van der Waals surface area contributed by atoms with Crippen molar-refractivity contribution in [3.8, 4) is 5.75 Å². The van der Waals surface area contributed by atoms with Gasteiger partial charge in [0.25, 0.3) is 0 Å². The van der Waals surface area contributed by atoms with Crippen molar-refractivity contribution in [2.75, 3.05) is 26.8 Å². The predicted molar refractivity (Wildman–Crippen MR) is 92.9 cm³/mol. The average Bonchev–Trinajstić information content (AvgIpc) is 3.05. The highest BCUT2D eigenvalue weighted by molar-refractivity contribution is 5.85. The molecule has 23 heavy (non-hydrogen) atoms. The molecule has 0 spiro atoms. The van der Waals surface area contributed by atoms with Gasteiger partial charge in [-0.25, -0.2) is 0 Å². The lowest BCUT2D eigenvalue weighted by atomic mass is 10.1. The summed E-state index contributed by atoms with van der Waals surface area (Å²) < 4.78 is 11.1. The molecule has 1 aliphatic rings. The molecule has 0 aliphatic carbocycles. The number of benzene rings is 1. The van der Waals surface area contributed by atoms with Crippen LogP contribution in [-0.4, -0.2) is 43.7 Å². The topological polar surface area (TPSA) is 64.8 Å². The second-order valence-corrected chi connectivity index (χ2v) is 5.61. The SMILES string of the molecule is COc1ccccc1CN(CC1CCCO1)C(=O)CCCN.Cl. The summed E-state index contributed by atoms with van der Waals surface area (Å²) in [5, 5.41) is 0. The number of halogens is 1. The molecule has 1 heterocycles. The van der Waals surface area contributed by atoms with Gasteiger partial charge in [0.15, 0.2) is 0 Å². The van der Waals surface area contributed by atoms with E-state index in [0.717, 1.165) is 30.8 Å². The van der Waals surface area contributed by atoms with Crippen LogP contribution in [0, 0.1) is 0 Å². The highest BCUT2D eigenvalue weighted by Gasteiger charge is 2.23. The summed E-state index contributed by atoms with van der Waals surface area (Å²) in [6.45, 7) is 2.52. The van der Waals surface area contributed by atoms with Gasteiger partial charge < -0.3 is 20.1 Å². The van der Waals surface area contributed by atoms with Gasteiger partial charge in [0.05, 0.1) is 13.2 Å². The Morgan fingerprint density at radius 3 is 2.87 bits per heavy atom. The minimum Gasteiger partial charge on any atom is -0.496 e. The van der Waals surface area contributed by atoms with Gasteiger partial charge in [-0.2, -0.15) is 0 Å². The molecular formula is C17H27ClN2O3. The Bertz CT molecular complexity index is 479. The van der Waals surface area contributed by atoms with E-state index in [2.05, 4.69) is 0 Å². The Balaban J connectivity index is 0.00000264. The predicted octanol–water partition coefficient (Wildman–Crippen LogP) is 2.36. The maximum atomic E-state index is 12.5. The molecule has 0 bridgehead atoms. The van der Waals surface area contributed by atoms with Crippen LogP contribution in [0.3, 0.4) is 0 Å². The van der Waals surface area contributed by atoms with Gasteiger partial charge in [-0.15, -0.1) is 12.4 Å². The van der Waals surface area contributed by atoms with Crippen molar-refractivity contribution in [1.82, 2.24) is 4.90 Å². The average molecular weight is 343 g/mol.